The lowest BCUT2D eigenvalue weighted by Crippen LogP contribution is -2.40. The molecule has 1 aliphatic carbocycles. The van der Waals surface area contributed by atoms with Crippen molar-refractivity contribution in [3.63, 3.8) is 0 Å². The van der Waals surface area contributed by atoms with Crippen molar-refractivity contribution in [1.29, 1.82) is 0 Å². The lowest BCUT2D eigenvalue weighted by molar-refractivity contribution is 0.215. The highest BCUT2D eigenvalue weighted by Crippen LogP contribution is 2.37. The number of hydrogen-bond donors (Lipinski definition) is 1. The van der Waals surface area contributed by atoms with E-state index in [9.17, 15) is 0 Å². The normalized spacial score (nSPS) is 17.1. The first-order valence-electron chi connectivity index (χ1n) is 7.62. The minimum Gasteiger partial charge on any atom is -0.490 e. The van der Waals surface area contributed by atoms with Crippen LogP contribution in [-0.4, -0.2) is 19.2 Å². The highest BCUT2D eigenvalue weighted by Gasteiger charge is 2.25. The maximum Gasteiger partial charge on any atom is 0.147 e. The summed E-state index contributed by atoms with van der Waals surface area (Å²) in [6, 6.07) is 4.49. The molecule has 5 heteroatoms. The molecular weight excluding hydrogens is 462 g/mol. The second kappa shape index (κ2) is 8.90. The minimum absolute atomic E-state index is 0.454. The van der Waals surface area contributed by atoms with Gasteiger partial charge in [-0.25, -0.2) is 0 Å². The van der Waals surface area contributed by atoms with Gasteiger partial charge in [-0.1, -0.05) is 35.7 Å². The lowest BCUT2D eigenvalue weighted by Gasteiger charge is -2.25. The smallest absolute Gasteiger partial charge is 0.147 e. The Morgan fingerprint density at radius 1 is 1.19 bits per heavy atom. The molecule has 0 amide bonds. The first-order valence-corrected chi connectivity index (χ1v) is 10.0. The van der Waals surface area contributed by atoms with E-state index in [1.165, 1.54) is 25.7 Å². The average Bonchev–Trinajstić information content (AvgIpc) is 2.94. The van der Waals surface area contributed by atoms with Crippen LogP contribution in [0, 0.1) is 5.92 Å². The van der Waals surface area contributed by atoms with Crippen molar-refractivity contribution in [2.24, 2.45) is 5.92 Å². The van der Waals surface area contributed by atoms with E-state index >= 15 is 0 Å². The van der Waals surface area contributed by atoms with Crippen LogP contribution in [0.1, 0.15) is 39.0 Å². The van der Waals surface area contributed by atoms with Crippen LogP contribution in [0.3, 0.4) is 0 Å². The van der Waals surface area contributed by atoms with Gasteiger partial charge >= 0.3 is 0 Å². The molecule has 2 nitrogen and oxygen atoms in total. The molecule has 1 atom stereocenters. The zero-order valence-electron chi connectivity index (χ0n) is 12.3. The molecule has 0 saturated heterocycles. The molecule has 1 N–H and O–H groups in total. The van der Waals surface area contributed by atoms with Gasteiger partial charge in [0.1, 0.15) is 12.4 Å². The molecule has 118 valence electrons. The summed E-state index contributed by atoms with van der Waals surface area (Å²) in [5.41, 5.74) is 0. The number of rotatable bonds is 7. The summed E-state index contributed by atoms with van der Waals surface area (Å²) < 4.78 is 9.10. The van der Waals surface area contributed by atoms with Gasteiger partial charge in [-0.3, -0.25) is 0 Å². The quantitative estimate of drug-likeness (QED) is 0.520. The third kappa shape index (κ3) is 5.22. The number of hydrogen-bond acceptors (Lipinski definition) is 2. The largest absolute Gasteiger partial charge is 0.490 e. The maximum atomic E-state index is 6.12. The van der Waals surface area contributed by atoms with Crippen molar-refractivity contribution in [3.8, 4) is 5.75 Å². The molecule has 2 rings (SSSR count). The maximum absolute atomic E-state index is 6.12. The Morgan fingerprint density at radius 2 is 1.81 bits per heavy atom. The van der Waals surface area contributed by atoms with Crippen LogP contribution in [0.15, 0.2) is 25.6 Å². The highest BCUT2D eigenvalue weighted by atomic mass is 79.9. The zero-order valence-corrected chi connectivity index (χ0v) is 17.1. The van der Waals surface area contributed by atoms with Crippen LogP contribution < -0.4 is 10.1 Å². The van der Waals surface area contributed by atoms with Crippen LogP contribution in [0.4, 0.5) is 0 Å². The molecule has 1 aromatic carbocycles. The van der Waals surface area contributed by atoms with Crippen molar-refractivity contribution >= 4 is 47.8 Å². The second-order valence-corrected chi connectivity index (χ2v) is 8.24. The summed E-state index contributed by atoms with van der Waals surface area (Å²) in [7, 11) is 0. The van der Waals surface area contributed by atoms with Crippen molar-refractivity contribution in [3.05, 3.63) is 25.6 Å². The van der Waals surface area contributed by atoms with Gasteiger partial charge in [-0.05, 0) is 75.7 Å². The van der Waals surface area contributed by atoms with E-state index in [0.29, 0.717) is 6.04 Å². The summed E-state index contributed by atoms with van der Waals surface area (Å²) in [5, 5.41) is 3.67. The highest BCUT2D eigenvalue weighted by molar-refractivity contribution is 9.11. The average molecular weight is 484 g/mol. The van der Waals surface area contributed by atoms with E-state index in [-0.39, 0.29) is 0 Å². The number of halogens is 3. The van der Waals surface area contributed by atoms with Crippen LogP contribution >= 0.6 is 47.8 Å². The lowest BCUT2D eigenvalue weighted by atomic mass is 9.98. The molecule has 21 heavy (non-hydrogen) atoms. The van der Waals surface area contributed by atoms with Crippen LogP contribution in [0.2, 0.25) is 0 Å². The van der Waals surface area contributed by atoms with Gasteiger partial charge in [-0.15, -0.1) is 0 Å². The van der Waals surface area contributed by atoms with E-state index in [0.717, 1.165) is 44.7 Å². The van der Waals surface area contributed by atoms with Gasteiger partial charge in [0, 0.05) is 10.5 Å². The first-order chi connectivity index (χ1) is 10.1. The van der Waals surface area contributed by atoms with Gasteiger partial charge in [0.2, 0.25) is 0 Å². The standard InChI is InChI=1S/C16H22Br3NO/c1-2-7-20-15(11-5-3-4-6-11)10-21-16-13(18)8-12(17)9-14(16)19/h8-9,11,15,20H,2-7,10H2,1H3. The molecule has 1 unspecified atom stereocenters. The monoisotopic (exact) mass is 481 g/mol. The number of nitrogens with one attached hydrogen (secondary N) is 1. The molecule has 1 aliphatic rings. The van der Waals surface area contributed by atoms with Gasteiger partial charge in [0.05, 0.1) is 8.95 Å². The fourth-order valence-corrected chi connectivity index (χ4v) is 5.38. The fraction of sp³-hybridized carbons (Fsp3) is 0.625. The predicted molar refractivity (Wildman–Crippen MR) is 99.1 cm³/mol. The molecule has 0 bridgehead atoms. The van der Waals surface area contributed by atoms with Crippen molar-refractivity contribution in [2.45, 2.75) is 45.1 Å². The van der Waals surface area contributed by atoms with Gasteiger partial charge < -0.3 is 10.1 Å². The Kier molecular flexibility index (Phi) is 7.53. The minimum atomic E-state index is 0.454. The van der Waals surface area contributed by atoms with E-state index in [4.69, 9.17) is 4.74 Å². The van der Waals surface area contributed by atoms with Crippen LogP contribution in [0.5, 0.6) is 5.75 Å². The Bertz CT molecular complexity index is 438. The first kappa shape index (κ1) is 17.8. The third-order valence-electron chi connectivity index (χ3n) is 4.00. The van der Waals surface area contributed by atoms with Crippen LogP contribution in [0.25, 0.3) is 0 Å². The van der Waals surface area contributed by atoms with E-state index in [1.54, 1.807) is 0 Å². The van der Waals surface area contributed by atoms with Crippen molar-refractivity contribution < 1.29 is 4.74 Å². The summed E-state index contributed by atoms with van der Waals surface area (Å²) >= 11 is 10.6. The van der Waals surface area contributed by atoms with Crippen molar-refractivity contribution in [1.82, 2.24) is 5.32 Å². The second-order valence-electron chi connectivity index (χ2n) is 5.61. The number of ether oxygens (including phenoxy) is 1. The summed E-state index contributed by atoms with van der Waals surface area (Å²) in [5.74, 6) is 1.64. The van der Waals surface area contributed by atoms with E-state index < -0.39 is 0 Å². The molecule has 1 aromatic rings. The number of benzene rings is 1. The predicted octanol–water partition coefficient (Wildman–Crippen LogP) is 5.91. The molecule has 1 fully saturated rings. The Hall–Kier alpha value is 0.420. The van der Waals surface area contributed by atoms with Gasteiger partial charge in [0.25, 0.3) is 0 Å². The SMILES string of the molecule is CCCNC(COc1c(Br)cc(Br)cc1Br)C1CCCC1. The topological polar surface area (TPSA) is 21.3 Å². The molecule has 0 heterocycles. The Labute approximate surface area is 152 Å². The van der Waals surface area contributed by atoms with E-state index in [2.05, 4.69) is 60.0 Å². The Morgan fingerprint density at radius 3 is 2.38 bits per heavy atom. The Balaban J connectivity index is 2.00. The van der Waals surface area contributed by atoms with Gasteiger partial charge in [0.15, 0.2) is 0 Å². The molecular formula is C16H22Br3NO. The summed E-state index contributed by atoms with van der Waals surface area (Å²) in [4.78, 5) is 0. The molecule has 0 aliphatic heterocycles. The molecule has 1 saturated carbocycles. The third-order valence-corrected chi connectivity index (χ3v) is 5.63. The van der Waals surface area contributed by atoms with Gasteiger partial charge in [-0.2, -0.15) is 0 Å². The molecule has 0 aromatic heterocycles. The van der Waals surface area contributed by atoms with Crippen molar-refractivity contribution in [2.75, 3.05) is 13.2 Å². The molecule has 0 radical (unpaired) electrons. The van der Waals surface area contributed by atoms with Crippen LogP contribution in [-0.2, 0) is 0 Å². The van der Waals surface area contributed by atoms with E-state index in [1.807, 2.05) is 12.1 Å². The summed E-state index contributed by atoms with van der Waals surface area (Å²) in [6.45, 7) is 4.00. The molecule has 0 spiro atoms. The summed E-state index contributed by atoms with van der Waals surface area (Å²) in [6.07, 6.45) is 6.54. The zero-order chi connectivity index (χ0) is 15.2. The fourth-order valence-electron chi connectivity index (χ4n) is 2.89.